The molecule has 0 atom stereocenters. The van der Waals surface area contributed by atoms with E-state index >= 15 is 0 Å². The molecule has 1 N–H and O–H groups in total. The van der Waals surface area contributed by atoms with E-state index in [2.05, 4.69) is 21.2 Å². The fraction of sp³-hybridized carbons (Fsp3) is 0.300. The van der Waals surface area contributed by atoms with Gasteiger partial charge >= 0.3 is 5.97 Å². The summed E-state index contributed by atoms with van der Waals surface area (Å²) in [5.74, 6) is -1.18. The normalized spacial score (nSPS) is 11.3. The number of ether oxygens (including phenoxy) is 1. The van der Waals surface area contributed by atoms with Crippen molar-refractivity contribution in [3.63, 3.8) is 0 Å². The predicted octanol–water partition coefficient (Wildman–Crippen LogP) is 3.58. The summed E-state index contributed by atoms with van der Waals surface area (Å²) in [5, 5.41) is 2.65. The summed E-state index contributed by atoms with van der Waals surface area (Å²) in [6.45, 7) is 5.67. The molecule has 0 radical (unpaired) electrons. The number of hydrogen-bond donors (Lipinski definition) is 1. The minimum absolute atomic E-state index is 0.0982. The smallest absolute Gasteiger partial charge is 0.338 e. The summed E-state index contributed by atoms with van der Waals surface area (Å²) in [4.78, 5) is 24.2. The average molecular weight is 483 g/mol. The van der Waals surface area contributed by atoms with E-state index < -0.39 is 28.5 Å². The average Bonchev–Trinajstić information content (AvgIpc) is 2.70. The molecule has 156 valence electrons. The Kier molecular flexibility index (Phi) is 7.95. The molecule has 29 heavy (non-hydrogen) atoms. The highest BCUT2D eigenvalue weighted by Crippen LogP contribution is 2.20. The number of rotatable bonds is 8. The molecule has 0 aromatic heterocycles. The Labute approximate surface area is 179 Å². The number of carbonyl (C=O) groups excluding carboxylic acids is 2. The van der Waals surface area contributed by atoms with E-state index in [0.29, 0.717) is 18.8 Å². The Hall–Kier alpha value is -2.23. The van der Waals surface area contributed by atoms with Gasteiger partial charge in [-0.25, -0.2) is 13.2 Å². The molecule has 0 bridgehead atoms. The van der Waals surface area contributed by atoms with Gasteiger partial charge in [0.2, 0.25) is 10.0 Å². The topological polar surface area (TPSA) is 92.8 Å². The van der Waals surface area contributed by atoms with Gasteiger partial charge in [0.05, 0.1) is 10.5 Å². The molecule has 1 amide bonds. The van der Waals surface area contributed by atoms with E-state index in [0.717, 1.165) is 10.0 Å². The number of amides is 1. The molecule has 2 rings (SSSR count). The second-order valence-corrected chi connectivity index (χ2v) is 8.99. The van der Waals surface area contributed by atoms with Gasteiger partial charge < -0.3 is 10.1 Å². The highest BCUT2D eigenvalue weighted by Gasteiger charge is 2.22. The van der Waals surface area contributed by atoms with Gasteiger partial charge in [-0.2, -0.15) is 4.31 Å². The Morgan fingerprint density at radius 1 is 1.07 bits per heavy atom. The largest absolute Gasteiger partial charge is 0.452 e. The Bertz CT molecular complexity index is 986. The van der Waals surface area contributed by atoms with Gasteiger partial charge in [-0.05, 0) is 55.0 Å². The first-order chi connectivity index (χ1) is 13.7. The van der Waals surface area contributed by atoms with Crippen molar-refractivity contribution in [2.45, 2.75) is 25.7 Å². The molecule has 2 aromatic rings. The van der Waals surface area contributed by atoms with Crippen LogP contribution in [0, 0.1) is 6.92 Å². The standard InChI is InChI=1S/C20H23BrN2O5S/c1-4-23(5-2)29(26,27)17-9-6-15(7-10-17)20(25)28-13-19(24)22-16-8-11-18(21)14(3)12-16/h6-12H,4-5,13H2,1-3H3,(H,22,24). The van der Waals surface area contributed by atoms with Crippen LogP contribution in [0.25, 0.3) is 0 Å². The molecule has 9 heteroatoms. The molecular formula is C20H23BrN2O5S. The van der Waals surface area contributed by atoms with Gasteiger partial charge in [-0.3, -0.25) is 4.79 Å². The zero-order valence-corrected chi connectivity index (χ0v) is 18.8. The van der Waals surface area contributed by atoms with Crippen LogP contribution in [0.5, 0.6) is 0 Å². The number of benzene rings is 2. The molecule has 0 saturated carbocycles. The quantitative estimate of drug-likeness (QED) is 0.580. The van der Waals surface area contributed by atoms with E-state index in [4.69, 9.17) is 4.74 Å². The number of esters is 1. The highest BCUT2D eigenvalue weighted by molar-refractivity contribution is 9.10. The van der Waals surface area contributed by atoms with Crippen molar-refractivity contribution in [1.29, 1.82) is 0 Å². The molecule has 0 aliphatic heterocycles. The maximum Gasteiger partial charge on any atom is 0.338 e. The third-order valence-electron chi connectivity index (χ3n) is 4.21. The predicted molar refractivity (Wildman–Crippen MR) is 114 cm³/mol. The van der Waals surface area contributed by atoms with Crippen LogP contribution in [0.1, 0.15) is 29.8 Å². The lowest BCUT2D eigenvalue weighted by molar-refractivity contribution is -0.119. The summed E-state index contributed by atoms with van der Waals surface area (Å²) < 4.78 is 32.2. The summed E-state index contributed by atoms with van der Waals surface area (Å²) in [5.41, 5.74) is 1.72. The molecular weight excluding hydrogens is 460 g/mol. The van der Waals surface area contributed by atoms with Crippen LogP contribution in [0.4, 0.5) is 5.69 Å². The first kappa shape index (κ1) is 23.1. The molecule has 7 nitrogen and oxygen atoms in total. The van der Waals surface area contributed by atoms with Gasteiger partial charge in [-0.1, -0.05) is 29.8 Å². The Morgan fingerprint density at radius 2 is 1.69 bits per heavy atom. The van der Waals surface area contributed by atoms with Gasteiger partial charge in [0.1, 0.15) is 0 Å². The number of aryl methyl sites for hydroxylation is 1. The van der Waals surface area contributed by atoms with Crippen molar-refractivity contribution in [3.05, 3.63) is 58.1 Å². The Morgan fingerprint density at radius 3 is 2.24 bits per heavy atom. The number of nitrogens with zero attached hydrogens (tertiary/aromatic N) is 1. The first-order valence-corrected chi connectivity index (χ1v) is 11.3. The zero-order chi connectivity index (χ0) is 21.6. The molecule has 0 aliphatic carbocycles. The fourth-order valence-electron chi connectivity index (χ4n) is 2.61. The van der Waals surface area contributed by atoms with Crippen molar-refractivity contribution >= 4 is 43.5 Å². The number of halogens is 1. The van der Waals surface area contributed by atoms with E-state index in [-0.39, 0.29) is 10.5 Å². The maximum atomic E-state index is 12.5. The van der Waals surface area contributed by atoms with Gasteiger partial charge in [0, 0.05) is 23.2 Å². The lowest BCUT2D eigenvalue weighted by Crippen LogP contribution is -2.30. The maximum absolute atomic E-state index is 12.5. The van der Waals surface area contributed by atoms with Crippen LogP contribution >= 0.6 is 15.9 Å². The number of carbonyl (C=O) groups is 2. The van der Waals surface area contributed by atoms with Gasteiger partial charge in [-0.15, -0.1) is 0 Å². The first-order valence-electron chi connectivity index (χ1n) is 9.02. The lowest BCUT2D eigenvalue weighted by Gasteiger charge is -2.18. The lowest BCUT2D eigenvalue weighted by atomic mass is 10.2. The molecule has 0 saturated heterocycles. The van der Waals surface area contributed by atoms with E-state index in [1.54, 1.807) is 26.0 Å². The number of nitrogens with one attached hydrogen (secondary N) is 1. The molecule has 0 fully saturated rings. The molecule has 2 aromatic carbocycles. The van der Waals surface area contributed by atoms with Crippen molar-refractivity contribution in [2.24, 2.45) is 0 Å². The van der Waals surface area contributed by atoms with Crippen molar-refractivity contribution in [3.8, 4) is 0 Å². The molecule has 0 heterocycles. The number of sulfonamides is 1. The second kappa shape index (κ2) is 10.00. The van der Waals surface area contributed by atoms with Crippen LogP contribution < -0.4 is 5.32 Å². The van der Waals surface area contributed by atoms with Crippen LogP contribution in [0.15, 0.2) is 51.8 Å². The van der Waals surface area contributed by atoms with Crippen LogP contribution in [0.2, 0.25) is 0 Å². The number of anilines is 1. The SMILES string of the molecule is CCN(CC)S(=O)(=O)c1ccc(C(=O)OCC(=O)Nc2ccc(Br)c(C)c2)cc1. The van der Waals surface area contributed by atoms with Gasteiger partial charge in [0.15, 0.2) is 6.61 Å². The minimum atomic E-state index is -3.60. The van der Waals surface area contributed by atoms with Crippen molar-refractivity contribution in [1.82, 2.24) is 4.31 Å². The van der Waals surface area contributed by atoms with Crippen LogP contribution in [0.3, 0.4) is 0 Å². The fourth-order valence-corrected chi connectivity index (χ4v) is 4.31. The van der Waals surface area contributed by atoms with Crippen LogP contribution in [-0.2, 0) is 19.6 Å². The third-order valence-corrected chi connectivity index (χ3v) is 7.16. The van der Waals surface area contributed by atoms with E-state index in [1.165, 1.54) is 28.6 Å². The Balaban J connectivity index is 1.97. The summed E-state index contributed by atoms with van der Waals surface area (Å²) in [7, 11) is -3.60. The second-order valence-electron chi connectivity index (χ2n) is 6.20. The zero-order valence-electron chi connectivity index (χ0n) is 16.4. The monoisotopic (exact) mass is 482 g/mol. The third kappa shape index (κ3) is 5.88. The molecule has 0 aliphatic rings. The molecule has 0 spiro atoms. The highest BCUT2D eigenvalue weighted by atomic mass is 79.9. The summed E-state index contributed by atoms with van der Waals surface area (Å²) in [6, 6.07) is 10.8. The van der Waals surface area contributed by atoms with E-state index in [1.807, 2.05) is 13.0 Å². The summed E-state index contributed by atoms with van der Waals surface area (Å²) in [6.07, 6.45) is 0. The van der Waals surface area contributed by atoms with E-state index in [9.17, 15) is 18.0 Å². The van der Waals surface area contributed by atoms with Crippen molar-refractivity contribution in [2.75, 3.05) is 25.0 Å². The minimum Gasteiger partial charge on any atom is -0.452 e. The number of hydrogen-bond acceptors (Lipinski definition) is 5. The summed E-state index contributed by atoms with van der Waals surface area (Å²) >= 11 is 3.38. The molecule has 0 unspecified atom stereocenters. The van der Waals surface area contributed by atoms with Crippen molar-refractivity contribution < 1.29 is 22.7 Å². The van der Waals surface area contributed by atoms with Gasteiger partial charge in [0.25, 0.3) is 5.91 Å². The van der Waals surface area contributed by atoms with Crippen LogP contribution in [-0.4, -0.2) is 44.3 Å².